The molecule has 1 atom stereocenters. The SMILES string of the molecule is CC(O)OCCOc1nc(N)nc(N)c1N. The Morgan fingerprint density at radius 2 is 1.94 bits per heavy atom. The summed E-state index contributed by atoms with van der Waals surface area (Å²) in [5.41, 5.74) is 16.5. The highest BCUT2D eigenvalue weighted by Crippen LogP contribution is 2.23. The largest absolute Gasteiger partial charge is 0.474 e. The van der Waals surface area contributed by atoms with Crippen LogP contribution >= 0.6 is 0 Å². The zero-order chi connectivity index (χ0) is 12.1. The highest BCUT2D eigenvalue weighted by atomic mass is 16.6. The third-order valence-corrected chi connectivity index (χ3v) is 1.64. The van der Waals surface area contributed by atoms with Crippen LogP contribution in [0.5, 0.6) is 5.88 Å². The van der Waals surface area contributed by atoms with Crippen LogP contribution in [0.1, 0.15) is 6.92 Å². The molecule has 8 nitrogen and oxygen atoms in total. The van der Waals surface area contributed by atoms with Crippen molar-refractivity contribution in [3.05, 3.63) is 0 Å². The first-order valence-electron chi connectivity index (χ1n) is 4.61. The van der Waals surface area contributed by atoms with E-state index in [4.69, 9.17) is 31.8 Å². The topological polar surface area (TPSA) is 143 Å². The van der Waals surface area contributed by atoms with Crippen LogP contribution in [0.3, 0.4) is 0 Å². The van der Waals surface area contributed by atoms with Crippen LogP contribution in [-0.2, 0) is 4.74 Å². The Bertz CT molecular complexity index is 358. The lowest BCUT2D eigenvalue weighted by Gasteiger charge is -2.10. The summed E-state index contributed by atoms with van der Waals surface area (Å²) in [6.45, 7) is 1.86. The maximum Gasteiger partial charge on any atom is 0.244 e. The van der Waals surface area contributed by atoms with Crippen molar-refractivity contribution in [3.63, 3.8) is 0 Å². The van der Waals surface area contributed by atoms with Crippen LogP contribution in [0, 0.1) is 0 Å². The number of ether oxygens (including phenoxy) is 2. The van der Waals surface area contributed by atoms with Crippen LogP contribution in [-0.4, -0.2) is 34.6 Å². The molecule has 1 unspecified atom stereocenters. The average Bonchev–Trinajstić information content (AvgIpc) is 2.19. The Hall–Kier alpha value is -1.80. The van der Waals surface area contributed by atoms with E-state index in [1.54, 1.807) is 0 Å². The molecule has 0 saturated carbocycles. The molecule has 7 N–H and O–H groups in total. The number of rotatable bonds is 5. The van der Waals surface area contributed by atoms with Gasteiger partial charge in [0.25, 0.3) is 0 Å². The fourth-order valence-electron chi connectivity index (χ4n) is 0.949. The Labute approximate surface area is 92.4 Å². The van der Waals surface area contributed by atoms with E-state index < -0.39 is 6.29 Å². The minimum Gasteiger partial charge on any atom is -0.474 e. The second kappa shape index (κ2) is 5.33. The van der Waals surface area contributed by atoms with Gasteiger partial charge in [0.1, 0.15) is 12.3 Å². The van der Waals surface area contributed by atoms with Gasteiger partial charge in [0, 0.05) is 0 Å². The van der Waals surface area contributed by atoms with Crippen molar-refractivity contribution < 1.29 is 14.6 Å². The van der Waals surface area contributed by atoms with Gasteiger partial charge in [-0.15, -0.1) is 0 Å². The van der Waals surface area contributed by atoms with Gasteiger partial charge in [0.15, 0.2) is 12.1 Å². The number of aliphatic hydroxyl groups excluding tert-OH is 1. The van der Waals surface area contributed by atoms with Gasteiger partial charge in [-0.05, 0) is 6.92 Å². The predicted molar refractivity (Wildman–Crippen MR) is 58.4 cm³/mol. The van der Waals surface area contributed by atoms with Crippen molar-refractivity contribution in [2.45, 2.75) is 13.2 Å². The summed E-state index contributed by atoms with van der Waals surface area (Å²) in [5, 5.41) is 8.82. The summed E-state index contributed by atoms with van der Waals surface area (Å²) in [6.07, 6.45) is -0.846. The standard InChI is InChI=1S/C8H15N5O3/c1-4(14)15-2-3-16-7-5(9)6(10)12-8(11)13-7/h4,14H,2-3,9H2,1H3,(H4,10,11,12,13). The summed E-state index contributed by atoms with van der Waals surface area (Å²) < 4.78 is 10.0. The first-order valence-corrected chi connectivity index (χ1v) is 4.61. The van der Waals surface area contributed by atoms with E-state index in [1.165, 1.54) is 6.92 Å². The number of anilines is 3. The summed E-state index contributed by atoms with van der Waals surface area (Å²) >= 11 is 0. The Kier molecular flexibility index (Phi) is 4.09. The zero-order valence-corrected chi connectivity index (χ0v) is 8.88. The summed E-state index contributed by atoms with van der Waals surface area (Å²) in [6, 6.07) is 0. The molecule has 1 heterocycles. The average molecular weight is 229 g/mol. The zero-order valence-electron chi connectivity index (χ0n) is 8.88. The second-order valence-corrected chi connectivity index (χ2v) is 3.00. The number of nitrogen functional groups attached to an aromatic ring is 3. The molecule has 0 saturated heterocycles. The fraction of sp³-hybridized carbons (Fsp3) is 0.500. The van der Waals surface area contributed by atoms with Crippen molar-refractivity contribution in [1.82, 2.24) is 9.97 Å². The Morgan fingerprint density at radius 1 is 1.25 bits per heavy atom. The van der Waals surface area contributed by atoms with Crippen LogP contribution in [0.15, 0.2) is 0 Å². The van der Waals surface area contributed by atoms with E-state index in [2.05, 4.69) is 9.97 Å². The number of nitrogens with two attached hydrogens (primary N) is 3. The number of nitrogens with zero attached hydrogens (tertiary/aromatic N) is 2. The minimum absolute atomic E-state index is 0.0156. The molecular weight excluding hydrogens is 214 g/mol. The highest BCUT2D eigenvalue weighted by Gasteiger charge is 2.09. The molecule has 8 heteroatoms. The number of aromatic nitrogens is 2. The van der Waals surface area contributed by atoms with Crippen molar-refractivity contribution in [3.8, 4) is 5.88 Å². The van der Waals surface area contributed by atoms with Crippen LogP contribution < -0.4 is 21.9 Å². The van der Waals surface area contributed by atoms with E-state index in [1.807, 2.05) is 0 Å². The molecule has 0 spiro atoms. The molecule has 1 rings (SSSR count). The van der Waals surface area contributed by atoms with Gasteiger partial charge in [-0.3, -0.25) is 0 Å². The molecule has 16 heavy (non-hydrogen) atoms. The monoisotopic (exact) mass is 229 g/mol. The fourth-order valence-corrected chi connectivity index (χ4v) is 0.949. The van der Waals surface area contributed by atoms with Crippen LogP contribution in [0.25, 0.3) is 0 Å². The van der Waals surface area contributed by atoms with Gasteiger partial charge in [-0.2, -0.15) is 9.97 Å². The molecule has 90 valence electrons. The van der Waals surface area contributed by atoms with Crippen molar-refractivity contribution >= 4 is 17.5 Å². The lowest BCUT2D eigenvalue weighted by Crippen LogP contribution is -2.15. The number of hydrogen-bond acceptors (Lipinski definition) is 8. The lowest BCUT2D eigenvalue weighted by molar-refractivity contribution is -0.0915. The Morgan fingerprint density at radius 3 is 2.56 bits per heavy atom. The van der Waals surface area contributed by atoms with Gasteiger partial charge in [0.05, 0.1) is 6.61 Å². The molecular formula is C8H15N5O3. The number of hydrogen-bond donors (Lipinski definition) is 4. The molecule has 0 radical (unpaired) electrons. The highest BCUT2D eigenvalue weighted by molar-refractivity contribution is 5.65. The molecule has 0 aromatic carbocycles. The third-order valence-electron chi connectivity index (χ3n) is 1.64. The van der Waals surface area contributed by atoms with E-state index in [0.717, 1.165) is 0 Å². The summed E-state index contributed by atoms with van der Waals surface area (Å²) in [4.78, 5) is 7.43. The summed E-state index contributed by atoms with van der Waals surface area (Å²) in [5.74, 6) is 0.163. The van der Waals surface area contributed by atoms with Gasteiger partial charge in [-0.25, -0.2) is 0 Å². The smallest absolute Gasteiger partial charge is 0.244 e. The molecule has 0 bridgehead atoms. The predicted octanol–water partition coefficient (Wildman–Crippen LogP) is -1.04. The van der Waals surface area contributed by atoms with Gasteiger partial charge < -0.3 is 31.8 Å². The molecule has 0 amide bonds. The molecule has 0 aliphatic heterocycles. The molecule has 0 aliphatic rings. The quantitative estimate of drug-likeness (QED) is 0.370. The first-order chi connectivity index (χ1) is 7.50. The molecule has 0 aliphatic carbocycles. The molecule has 1 aromatic heterocycles. The van der Waals surface area contributed by atoms with E-state index >= 15 is 0 Å². The van der Waals surface area contributed by atoms with Gasteiger partial charge in [-0.1, -0.05) is 0 Å². The normalized spacial score (nSPS) is 12.4. The second-order valence-electron chi connectivity index (χ2n) is 3.00. The van der Waals surface area contributed by atoms with E-state index in [0.29, 0.717) is 0 Å². The van der Waals surface area contributed by atoms with E-state index in [-0.39, 0.29) is 36.5 Å². The van der Waals surface area contributed by atoms with Crippen LogP contribution in [0.4, 0.5) is 17.5 Å². The van der Waals surface area contributed by atoms with Crippen molar-refractivity contribution in [2.24, 2.45) is 0 Å². The van der Waals surface area contributed by atoms with Crippen LogP contribution in [0.2, 0.25) is 0 Å². The maximum absolute atomic E-state index is 8.82. The van der Waals surface area contributed by atoms with Gasteiger partial charge >= 0.3 is 0 Å². The van der Waals surface area contributed by atoms with Crippen molar-refractivity contribution in [1.29, 1.82) is 0 Å². The Balaban J connectivity index is 2.53. The summed E-state index contributed by atoms with van der Waals surface area (Å²) in [7, 11) is 0. The van der Waals surface area contributed by atoms with Crippen molar-refractivity contribution in [2.75, 3.05) is 30.4 Å². The minimum atomic E-state index is -0.846. The molecule has 1 aromatic rings. The van der Waals surface area contributed by atoms with E-state index in [9.17, 15) is 0 Å². The molecule has 0 fully saturated rings. The van der Waals surface area contributed by atoms with Gasteiger partial charge in [0.2, 0.25) is 11.8 Å². The lowest BCUT2D eigenvalue weighted by atomic mass is 10.4. The number of aliphatic hydroxyl groups is 1. The third kappa shape index (κ3) is 3.41. The maximum atomic E-state index is 8.82. The first kappa shape index (κ1) is 12.3.